The monoisotopic (exact) mass is 391 g/mol. The first-order valence-electron chi connectivity index (χ1n) is 8.83. The molecule has 1 aromatic heterocycles. The van der Waals surface area contributed by atoms with Crippen molar-refractivity contribution in [1.29, 1.82) is 0 Å². The van der Waals surface area contributed by atoms with Crippen LogP contribution < -0.4 is 0 Å². The average molecular weight is 392 g/mol. The van der Waals surface area contributed by atoms with E-state index in [-0.39, 0.29) is 23.3 Å². The van der Waals surface area contributed by atoms with Crippen molar-refractivity contribution in [2.45, 2.75) is 39.0 Å². The highest BCUT2D eigenvalue weighted by atomic mass is 32.2. The SMILES string of the molecule is Cc1ccccc1CSCC(=O)c1cc(C)n([C@H]2CCS(=O)(=O)C2)c1C. The number of carbonyl (C=O) groups is 1. The smallest absolute Gasteiger partial charge is 0.174 e. The number of ketones is 1. The maximum atomic E-state index is 12.7. The van der Waals surface area contributed by atoms with E-state index >= 15 is 0 Å². The molecule has 0 amide bonds. The molecule has 0 N–H and O–H groups in total. The molecule has 1 aliphatic rings. The summed E-state index contributed by atoms with van der Waals surface area (Å²) < 4.78 is 25.6. The zero-order valence-corrected chi connectivity index (χ0v) is 17.1. The topological polar surface area (TPSA) is 56.1 Å². The molecule has 26 heavy (non-hydrogen) atoms. The van der Waals surface area contributed by atoms with E-state index < -0.39 is 9.84 Å². The van der Waals surface area contributed by atoms with E-state index in [1.807, 2.05) is 36.6 Å². The standard InChI is InChI=1S/C20H25NO3S2/c1-14-6-4-5-7-17(14)11-25-12-20(22)19-10-15(2)21(16(19)3)18-8-9-26(23,24)13-18/h4-7,10,18H,8-9,11-13H2,1-3H3/t18-/m0/s1. The van der Waals surface area contributed by atoms with Crippen molar-refractivity contribution in [2.75, 3.05) is 17.3 Å². The van der Waals surface area contributed by atoms with Crippen LogP contribution in [0.3, 0.4) is 0 Å². The van der Waals surface area contributed by atoms with Crippen LogP contribution in [0.5, 0.6) is 0 Å². The van der Waals surface area contributed by atoms with Crippen LogP contribution in [0.15, 0.2) is 30.3 Å². The summed E-state index contributed by atoms with van der Waals surface area (Å²) in [7, 11) is -2.95. The number of benzene rings is 1. The lowest BCUT2D eigenvalue weighted by molar-refractivity contribution is 0.102. The maximum Gasteiger partial charge on any atom is 0.174 e. The van der Waals surface area contributed by atoms with E-state index in [0.717, 1.165) is 22.7 Å². The molecule has 1 aliphatic heterocycles. The lowest BCUT2D eigenvalue weighted by Crippen LogP contribution is -2.14. The van der Waals surface area contributed by atoms with Crippen LogP contribution in [-0.2, 0) is 15.6 Å². The molecule has 1 saturated heterocycles. The lowest BCUT2D eigenvalue weighted by Gasteiger charge is -2.16. The molecule has 3 rings (SSSR count). The predicted molar refractivity (Wildman–Crippen MR) is 108 cm³/mol. The summed E-state index contributed by atoms with van der Waals surface area (Å²) in [5.41, 5.74) is 5.09. The molecule has 2 aromatic rings. The summed E-state index contributed by atoms with van der Waals surface area (Å²) in [5, 5.41) is 0. The van der Waals surface area contributed by atoms with Crippen LogP contribution in [-0.4, -0.2) is 36.0 Å². The van der Waals surface area contributed by atoms with Gasteiger partial charge in [0.25, 0.3) is 0 Å². The van der Waals surface area contributed by atoms with Crippen molar-refractivity contribution < 1.29 is 13.2 Å². The van der Waals surface area contributed by atoms with Gasteiger partial charge >= 0.3 is 0 Å². The molecule has 0 radical (unpaired) electrons. The summed E-state index contributed by atoms with van der Waals surface area (Å²) in [4.78, 5) is 12.7. The van der Waals surface area contributed by atoms with Gasteiger partial charge in [0.15, 0.2) is 15.6 Å². The minimum atomic E-state index is -2.95. The van der Waals surface area contributed by atoms with E-state index in [4.69, 9.17) is 0 Å². The summed E-state index contributed by atoms with van der Waals surface area (Å²) in [6.07, 6.45) is 0.633. The number of thioether (sulfide) groups is 1. The van der Waals surface area contributed by atoms with E-state index in [1.165, 1.54) is 11.1 Å². The third kappa shape index (κ3) is 4.07. The first-order valence-corrected chi connectivity index (χ1v) is 11.8. The number of Topliss-reactive ketones (excluding diaryl/α,β-unsaturated/α-hetero) is 1. The number of rotatable bonds is 6. The Kier molecular flexibility index (Phi) is 5.63. The van der Waals surface area contributed by atoms with Crippen molar-refractivity contribution in [2.24, 2.45) is 0 Å². The van der Waals surface area contributed by atoms with Crippen LogP contribution >= 0.6 is 11.8 Å². The molecule has 6 heteroatoms. The number of aryl methyl sites for hydroxylation is 2. The Morgan fingerprint density at radius 1 is 1.23 bits per heavy atom. The fourth-order valence-corrected chi connectivity index (χ4v) is 6.39. The second-order valence-corrected chi connectivity index (χ2v) is 10.3. The van der Waals surface area contributed by atoms with Crippen molar-refractivity contribution in [3.05, 3.63) is 58.4 Å². The Morgan fingerprint density at radius 3 is 2.62 bits per heavy atom. The molecule has 1 fully saturated rings. The lowest BCUT2D eigenvalue weighted by atomic mass is 10.1. The Labute approximate surface area is 159 Å². The Bertz CT molecular complexity index is 929. The van der Waals surface area contributed by atoms with Crippen LogP contribution in [0.4, 0.5) is 0 Å². The van der Waals surface area contributed by atoms with Gasteiger partial charge in [0, 0.05) is 28.7 Å². The first kappa shape index (κ1) is 19.2. The minimum absolute atomic E-state index is 0.0406. The fraction of sp³-hybridized carbons (Fsp3) is 0.450. The van der Waals surface area contributed by atoms with Crippen molar-refractivity contribution in [3.63, 3.8) is 0 Å². The third-order valence-corrected chi connectivity index (χ3v) is 7.84. The molecular formula is C20H25NO3S2. The summed E-state index contributed by atoms with van der Waals surface area (Å²) in [5.74, 6) is 1.78. The van der Waals surface area contributed by atoms with Gasteiger partial charge in [0.1, 0.15) is 0 Å². The summed E-state index contributed by atoms with van der Waals surface area (Å²) in [6.45, 7) is 5.97. The number of sulfone groups is 1. The highest BCUT2D eigenvalue weighted by molar-refractivity contribution is 7.99. The van der Waals surface area contributed by atoms with Crippen LogP contribution in [0, 0.1) is 20.8 Å². The molecule has 0 aliphatic carbocycles. The Hall–Kier alpha value is -1.53. The second-order valence-electron chi connectivity index (χ2n) is 7.05. The van der Waals surface area contributed by atoms with E-state index in [2.05, 4.69) is 19.1 Å². The molecule has 0 spiro atoms. The predicted octanol–water partition coefficient (Wildman–Crippen LogP) is 3.89. The van der Waals surface area contributed by atoms with Gasteiger partial charge in [0.05, 0.1) is 17.3 Å². The average Bonchev–Trinajstić information content (AvgIpc) is 3.07. The highest BCUT2D eigenvalue weighted by Gasteiger charge is 2.31. The molecular weight excluding hydrogens is 366 g/mol. The second kappa shape index (κ2) is 7.61. The zero-order valence-electron chi connectivity index (χ0n) is 15.5. The largest absolute Gasteiger partial charge is 0.344 e. The van der Waals surface area contributed by atoms with Gasteiger partial charge in [-0.2, -0.15) is 0 Å². The van der Waals surface area contributed by atoms with Gasteiger partial charge < -0.3 is 4.57 Å². The summed E-state index contributed by atoms with van der Waals surface area (Å²) in [6, 6.07) is 10.1. The number of hydrogen-bond acceptors (Lipinski definition) is 4. The van der Waals surface area contributed by atoms with Crippen molar-refractivity contribution in [1.82, 2.24) is 4.57 Å². The molecule has 1 aromatic carbocycles. The number of hydrogen-bond donors (Lipinski definition) is 0. The maximum absolute atomic E-state index is 12.7. The van der Waals surface area contributed by atoms with E-state index in [0.29, 0.717) is 12.2 Å². The van der Waals surface area contributed by atoms with Gasteiger partial charge in [-0.05, 0) is 44.4 Å². The van der Waals surface area contributed by atoms with Gasteiger partial charge in [0.2, 0.25) is 0 Å². The first-order chi connectivity index (χ1) is 12.3. The molecule has 0 unspecified atom stereocenters. The van der Waals surface area contributed by atoms with Gasteiger partial charge in [-0.25, -0.2) is 8.42 Å². The number of aromatic nitrogens is 1. The molecule has 0 saturated carbocycles. The molecule has 4 nitrogen and oxygen atoms in total. The minimum Gasteiger partial charge on any atom is -0.344 e. The van der Waals surface area contributed by atoms with Gasteiger partial charge in [-0.15, -0.1) is 11.8 Å². The molecule has 1 atom stereocenters. The van der Waals surface area contributed by atoms with Gasteiger partial charge in [-0.3, -0.25) is 4.79 Å². The van der Waals surface area contributed by atoms with Crippen LogP contribution in [0.2, 0.25) is 0 Å². The number of carbonyl (C=O) groups excluding carboxylic acids is 1. The Balaban J connectivity index is 1.69. The molecule has 0 bridgehead atoms. The highest BCUT2D eigenvalue weighted by Crippen LogP contribution is 2.29. The van der Waals surface area contributed by atoms with Crippen LogP contribution in [0.1, 0.15) is 45.3 Å². The summed E-state index contributed by atoms with van der Waals surface area (Å²) >= 11 is 1.62. The van der Waals surface area contributed by atoms with Crippen molar-refractivity contribution >= 4 is 27.4 Å². The van der Waals surface area contributed by atoms with Gasteiger partial charge in [-0.1, -0.05) is 24.3 Å². The zero-order chi connectivity index (χ0) is 18.9. The normalized spacial score (nSPS) is 19.0. The molecule has 140 valence electrons. The van der Waals surface area contributed by atoms with E-state index in [9.17, 15) is 13.2 Å². The van der Waals surface area contributed by atoms with Crippen molar-refractivity contribution in [3.8, 4) is 0 Å². The van der Waals surface area contributed by atoms with E-state index in [1.54, 1.807) is 11.8 Å². The van der Waals surface area contributed by atoms with Crippen LogP contribution in [0.25, 0.3) is 0 Å². The fourth-order valence-electron chi connectivity index (χ4n) is 3.70. The number of nitrogens with zero attached hydrogens (tertiary/aromatic N) is 1. The Morgan fingerprint density at radius 2 is 1.96 bits per heavy atom. The molecule has 2 heterocycles. The third-order valence-electron chi connectivity index (χ3n) is 5.11. The quantitative estimate of drug-likeness (QED) is 0.701.